The van der Waals surface area contributed by atoms with Crippen LogP contribution in [0.2, 0.25) is 0 Å². The summed E-state index contributed by atoms with van der Waals surface area (Å²) in [4.78, 5) is 28.0. The molecular formula is C14H24ClN3O2. The summed E-state index contributed by atoms with van der Waals surface area (Å²) in [5, 5.41) is 3.38. The maximum absolute atomic E-state index is 12.3. The molecule has 114 valence electrons. The summed E-state index contributed by atoms with van der Waals surface area (Å²) in [5.41, 5.74) is 0. The zero-order valence-corrected chi connectivity index (χ0v) is 12.7. The van der Waals surface area contributed by atoms with E-state index in [0.29, 0.717) is 24.8 Å². The fourth-order valence-electron chi connectivity index (χ4n) is 3.53. The SMILES string of the molecule is Cl.O=C1CCCCCN1CC(=O)N1C[C@H]2CNC[C@H]2C1. The van der Waals surface area contributed by atoms with Gasteiger partial charge in [-0.05, 0) is 24.7 Å². The number of likely N-dealkylation sites (tertiary alicyclic amines) is 2. The predicted molar refractivity (Wildman–Crippen MR) is 78.7 cm³/mol. The fourth-order valence-corrected chi connectivity index (χ4v) is 3.53. The lowest BCUT2D eigenvalue weighted by Crippen LogP contribution is -2.42. The third-order valence-electron chi connectivity index (χ3n) is 4.74. The molecule has 0 unspecified atom stereocenters. The Hall–Kier alpha value is -0.810. The van der Waals surface area contributed by atoms with E-state index in [-0.39, 0.29) is 24.2 Å². The number of nitrogens with zero attached hydrogens (tertiary/aromatic N) is 2. The van der Waals surface area contributed by atoms with Crippen molar-refractivity contribution in [1.82, 2.24) is 15.1 Å². The number of amides is 2. The lowest BCUT2D eigenvalue weighted by molar-refractivity contribution is -0.139. The van der Waals surface area contributed by atoms with Gasteiger partial charge in [0.05, 0.1) is 6.54 Å². The first-order valence-corrected chi connectivity index (χ1v) is 7.50. The minimum Gasteiger partial charge on any atom is -0.340 e. The summed E-state index contributed by atoms with van der Waals surface area (Å²) >= 11 is 0. The Morgan fingerprint density at radius 3 is 2.55 bits per heavy atom. The third-order valence-corrected chi connectivity index (χ3v) is 4.74. The molecule has 6 heteroatoms. The molecule has 3 rings (SSSR count). The van der Waals surface area contributed by atoms with E-state index in [1.165, 1.54) is 0 Å². The average molecular weight is 302 g/mol. The van der Waals surface area contributed by atoms with E-state index in [9.17, 15) is 9.59 Å². The predicted octanol–water partition coefficient (Wildman–Crippen LogP) is 0.489. The summed E-state index contributed by atoms with van der Waals surface area (Å²) < 4.78 is 0. The lowest BCUT2D eigenvalue weighted by Gasteiger charge is -2.24. The number of halogens is 1. The van der Waals surface area contributed by atoms with Crippen LogP contribution in [0.4, 0.5) is 0 Å². The first-order valence-electron chi connectivity index (χ1n) is 7.50. The van der Waals surface area contributed by atoms with Crippen molar-refractivity contribution in [3.63, 3.8) is 0 Å². The van der Waals surface area contributed by atoms with E-state index in [1.54, 1.807) is 4.90 Å². The van der Waals surface area contributed by atoms with E-state index in [4.69, 9.17) is 0 Å². The quantitative estimate of drug-likeness (QED) is 0.807. The van der Waals surface area contributed by atoms with Crippen molar-refractivity contribution in [3.8, 4) is 0 Å². The molecule has 20 heavy (non-hydrogen) atoms. The molecule has 2 amide bonds. The van der Waals surface area contributed by atoms with Crippen molar-refractivity contribution in [1.29, 1.82) is 0 Å². The monoisotopic (exact) mass is 301 g/mol. The van der Waals surface area contributed by atoms with Gasteiger partial charge in [0.2, 0.25) is 11.8 Å². The van der Waals surface area contributed by atoms with Crippen LogP contribution in [0.3, 0.4) is 0 Å². The molecule has 0 radical (unpaired) electrons. The summed E-state index contributed by atoms with van der Waals surface area (Å²) in [7, 11) is 0. The second-order valence-electron chi connectivity index (χ2n) is 6.10. The van der Waals surface area contributed by atoms with Crippen LogP contribution in [-0.2, 0) is 9.59 Å². The van der Waals surface area contributed by atoms with Gasteiger partial charge in [-0.3, -0.25) is 9.59 Å². The van der Waals surface area contributed by atoms with Crippen molar-refractivity contribution >= 4 is 24.2 Å². The Labute approximate surface area is 126 Å². The molecule has 0 aromatic carbocycles. The van der Waals surface area contributed by atoms with E-state index in [2.05, 4.69) is 5.32 Å². The second-order valence-corrected chi connectivity index (χ2v) is 6.10. The van der Waals surface area contributed by atoms with Gasteiger partial charge in [0.25, 0.3) is 0 Å². The van der Waals surface area contributed by atoms with Gasteiger partial charge in [-0.25, -0.2) is 0 Å². The van der Waals surface area contributed by atoms with Crippen LogP contribution in [0.1, 0.15) is 25.7 Å². The Kier molecular flexibility index (Phi) is 5.27. The number of hydrogen-bond donors (Lipinski definition) is 1. The van der Waals surface area contributed by atoms with Crippen LogP contribution in [0.25, 0.3) is 0 Å². The van der Waals surface area contributed by atoms with Crippen molar-refractivity contribution in [3.05, 3.63) is 0 Å². The highest BCUT2D eigenvalue weighted by atomic mass is 35.5. The lowest BCUT2D eigenvalue weighted by atomic mass is 10.0. The number of carbonyl (C=O) groups excluding carboxylic acids is 2. The number of fused-ring (bicyclic) bond motifs is 1. The van der Waals surface area contributed by atoms with Gasteiger partial charge in [0, 0.05) is 39.1 Å². The van der Waals surface area contributed by atoms with Gasteiger partial charge < -0.3 is 15.1 Å². The summed E-state index contributed by atoms with van der Waals surface area (Å²) in [6.07, 6.45) is 3.73. The van der Waals surface area contributed by atoms with Gasteiger partial charge in [0.1, 0.15) is 0 Å². The molecule has 0 aromatic heterocycles. The van der Waals surface area contributed by atoms with Gasteiger partial charge >= 0.3 is 0 Å². The zero-order chi connectivity index (χ0) is 13.2. The first kappa shape index (κ1) is 15.6. The van der Waals surface area contributed by atoms with Gasteiger partial charge in [0.15, 0.2) is 0 Å². The highest BCUT2D eigenvalue weighted by molar-refractivity contribution is 5.85. The summed E-state index contributed by atoms with van der Waals surface area (Å²) in [6, 6.07) is 0. The zero-order valence-electron chi connectivity index (χ0n) is 11.8. The van der Waals surface area contributed by atoms with Crippen LogP contribution in [0.5, 0.6) is 0 Å². The molecule has 3 fully saturated rings. The van der Waals surface area contributed by atoms with Crippen LogP contribution < -0.4 is 5.32 Å². The maximum atomic E-state index is 12.3. The van der Waals surface area contributed by atoms with Gasteiger partial charge in [-0.1, -0.05) is 6.42 Å². The number of nitrogens with one attached hydrogen (secondary N) is 1. The standard InChI is InChI=1S/C14H23N3O2.ClH/c18-13-4-2-1-3-5-16(13)10-14(19)17-8-11-6-15-7-12(11)9-17;/h11-12,15H,1-10H2;1H/t11-,12+;. The molecule has 1 N–H and O–H groups in total. The van der Waals surface area contributed by atoms with Crippen molar-refractivity contribution < 1.29 is 9.59 Å². The molecule has 3 aliphatic rings. The smallest absolute Gasteiger partial charge is 0.242 e. The first-order chi connectivity index (χ1) is 9.24. The van der Waals surface area contributed by atoms with E-state index in [1.807, 2.05) is 4.90 Å². The van der Waals surface area contributed by atoms with E-state index >= 15 is 0 Å². The minimum atomic E-state index is 0. The molecule has 5 nitrogen and oxygen atoms in total. The number of carbonyl (C=O) groups is 2. The summed E-state index contributed by atoms with van der Waals surface area (Å²) in [5.74, 6) is 1.56. The molecule has 0 spiro atoms. The molecule has 3 heterocycles. The maximum Gasteiger partial charge on any atom is 0.242 e. The van der Waals surface area contributed by atoms with Crippen molar-refractivity contribution in [2.24, 2.45) is 11.8 Å². The molecule has 0 saturated carbocycles. The molecule has 2 atom stereocenters. The van der Waals surface area contributed by atoms with Crippen molar-refractivity contribution in [2.75, 3.05) is 39.3 Å². The highest BCUT2D eigenvalue weighted by Gasteiger charge is 2.38. The van der Waals surface area contributed by atoms with E-state index < -0.39 is 0 Å². The topological polar surface area (TPSA) is 52.7 Å². The molecule has 3 saturated heterocycles. The average Bonchev–Trinajstić information content (AvgIpc) is 2.91. The molecular weight excluding hydrogens is 278 g/mol. The van der Waals surface area contributed by atoms with Crippen LogP contribution in [0, 0.1) is 11.8 Å². The molecule has 0 aromatic rings. The Morgan fingerprint density at radius 2 is 1.85 bits per heavy atom. The number of hydrogen-bond acceptors (Lipinski definition) is 3. The van der Waals surface area contributed by atoms with Gasteiger partial charge in [-0.2, -0.15) is 0 Å². The Morgan fingerprint density at radius 1 is 1.15 bits per heavy atom. The minimum absolute atomic E-state index is 0. The van der Waals surface area contributed by atoms with Crippen molar-refractivity contribution in [2.45, 2.75) is 25.7 Å². The van der Waals surface area contributed by atoms with Crippen LogP contribution >= 0.6 is 12.4 Å². The third kappa shape index (κ3) is 3.26. The molecule has 0 aliphatic carbocycles. The molecule has 0 bridgehead atoms. The fraction of sp³-hybridized carbons (Fsp3) is 0.857. The largest absolute Gasteiger partial charge is 0.340 e. The number of rotatable bonds is 2. The molecule has 3 aliphatic heterocycles. The normalized spacial score (nSPS) is 29.9. The highest BCUT2D eigenvalue weighted by Crippen LogP contribution is 2.26. The summed E-state index contributed by atoms with van der Waals surface area (Å²) in [6.45, 7) is 4.88. The van der Waals surface area contributed by atoms with Gasteiger partial charge in [-0.15, -0.1) is 12.4 Å². The van der Waals surface area contributed by atoms with Crippen LogP contribution in [0.15, 0.2) is 0 Å². The Bertz CT molecular complexity index is 365. The second kappa shape index (κ2) is 6.76. The Balaban J connectivity index is 0.00000147. The van der Waals surface area contributed by atoms with E-state index in [0.717, 1.165) is 52.0 Å². The van der Waals surface area contributed by atoms with Crippen LogP contribution in [-0.4, -0.2) is 60.9 Å².